The third-order valence-electron chi connectivity index (χ3n) is 2.39. The Kier molecular flexibility index (Phi) is 3.97. The molecule has 2 aromatic rings. The zero-order valence-corrected chi connectivity index (χ0v) is 11.1. The van der Waals surface area contributed by atoms with Gasteiger partial charge < -0.3 is 0 Å². The molecule has 97 valence electrons. The van der Waals surface area contributed by atoms with E-state index in [1.807, 2.05) is 13.0 Å². The molecule has 5 heteroatoms. The van der Waals surface area contributed by atoms with Crippen molar-refractivity contribution < 1.29 is 12.7 Å². The number of rotatable bonds is 4. The third-order valence-corrected chi connectivity index (χ3v) is 3.51. The van der Waals surface area contributed by atoms with Crippen LogP contribution in [0, 0.1) is 6.92 Å². The van der Waals surface area contributed by atoms with Gasteiger partial charge in [-0.25, -0.2) is 0 Å². The first-order chi connectivity index (χ1) is 9.08. The van der Waals surface area contributed by atoms with E-state index in [0.29, 0.717) is 5.56 Å². The van der Waals surface area contributed by atoms with Gasteiger partial charge in [-0.2, -0.15) is 8.42 Å². The van der Waals surface area contributed by atoms with Gasteiger partial charge in [-0.1, -0.05) is 53.2 Å². The molecule has 0 N–H and O–H groups in total. The fraction of sp³-hybridized carbons (Fsp3) is 0.0714. The van der Waals surface area contributed by atoms with Crippen molar-refractivity contribution in [2.45, 2.75) is 11.8 Å². The quantitative estimate of drug-likeness (QED) is 0.636. The second-order valence-electron chi connectivity index (χ2n) is 3.91. The zero-order chi connectivity index (χ0) is 13.7. The van der Waals surface area contributed by atoms with Crippen molar-refractivity contribution in [3.8, 4) is 0 Å². The van der Waals surface area contributed by atoms with Crippen molar-refractivity contribution in [1.82, 2.24) is 0 Å². The van der Waals surface area contributed by atoms with Crippen molar-refractivity contribution in [2.24, 2.45) is 5.16 Å². The minimum atomic E-state index is -3.88. The lowest BCUT2D eigenvalue weighted by molar-refractivity contribution is 0.341. The molecule has 0 spiro atoms. The Hall–Kier alpha value is -2.14. The summed E-state index contributed by atoms with van der Waals surface area (Å²) in [6.45, 7) is 1.87. The first-order valence-corrected chi connectivity index (χ1v) is 7.00. The Balaban J connectivity index is 2.10. The summed E-state index contributed by atoms with van der Waals surface area (Å²) in [6, 6.07) is 15.3. The van der Waals surface area contributed by atoms with E-state index in [4.69, 9.17) is 0 Å². The highest BCUT2D eigenvalue weighted by molar-refractivity contribution is 7.86. The summed E-state index contributed by atoms with van der Waals surface area (Å²) < 4.78 is 28.1. The third kappa shape index (κ3) is 3.66. The van der Waals surface area contributed by atoms with Crippen LogP contribution in [0.2, 0.25) is 0 Å². The Morgan fingerprint density at radius 3 is 2.26 bits per heavy atom. The molecule has 0 aliphatic heterocycles. The van der Waals surface area contributed by atoms with Crippen molar-refractivity contribution >= 4 is 16.3 Å². The van der Waals surface area contributed by atoms with Gasteiger partial charge >= 0.3 is 10.1 Å². The number of nitrogens with zero attached hydrogens (tertiary/aromatic N) is 1. The standard InChI is InChI=1S/C14H12NO3S/c1-12-7-9-14(10-8-12)19(16,17)18-15-11-13-5-3-2-4-6-13/h2-10H,1H3. The predicted octanol–water partition coefficient (Wildman–Crippen LogP) is 2.61. The largest absolute Gasteiger partial charge is 0.358 e. The first-order valence-electron chi connectivity index (χ1n) is 5.59. The van der Waals surface area contributed by atoms with Gasteiger partial charge in [0.1, 0.15) is 11.1 Å². The van der Waals surface area contributed by atoms with Crippen molar-refractivity contribution in [2.75, 3.05) is 0 Å². The molecular formula is C14H12NO3S. The van der Waals surface area contributed by atoms with E-state index in [1.54, 1.807) is 36.4 Å². The molecule has 1 radical (unpaired) electrons. The maximum atomic E-state index is 11.8. The molecule has 2 aromatic carbocycles. The van der Waals surface area contributed by atoms with Gasteiger partial charge in [-0.05, 0) is 19.1 Å². The van der Waals surface area contributed by atoms with Gasteiger partial charge in [0.25, 0.3) is 0 Å². The summed E-state index contributed by atoms with van der Waals surface area (Å²) >= 11 is 0. The van der Waals surface area contributed by atoms with E-state index in [1.165, 1.54) is 12.1 Å². The van der Waals surface area contributed by atoms with Gasteiger partial charge in [0.05, 0.1) is 0 Å². The minimum absolute atomic E-state index is 0.0664. The summed E-state index contributed by atoms with van der Waals surface area (Å²) in [5, 5.41) is 3.37. The fourth-order valence-electron chi connectivity index (χ4n) is 1.38. The molecule has 4 nitrogen and oxygen atoms in total. The molecule has 2 rings (SSSR count). The second-order valence-corrected chi connectivity index (χ2v) is 5.44. The summed E-state index contributed by atoms with van der Waals surface area (Å²) in [4.78, 5) is 0.0664. The highest BCUT2D eigenvalue weighted by Gasteiger charge is 2.14. The fourth-order valence-corrected chi connectivity index (χ4v) is 2.07. The molecule has 0 unspecified atom stereocenters. The molecule has 0 heterocycles. The van der Waals surface area contributed by atoms with E-state index in [9.17, 15) is 8.42 Å². The Morgan fingerprint density at radius 1 is 1.00 bits per heavy atom. The van der Waals surface area contributed by atoms with Crippen LogP contribution < -0.4 is 0 Å². The van der Waals surface area contributed by atoms with Crippen molar-refractivity contribution in [1.29, 1.82) is 0 Å². The van der Waals surface area contributed by atoms with Crippen molar-refractivity contribution in [3.05, 3.63) is 65.7 Å². The smallest absolute Gasteiger partial charge is 0.264 e. The molecule has 0 amide bonds. The maximum absolute atomic E-state index is 11.8. The highest BCUT2D eigenvalue weighted by Crippen LogP contribution is 2.13. The lowest BCUT2D eigenvalue weighted by Crippen LogP contribution is -2.02. The zero-order valence-electron chi connectivity index (χ0n) is 10.3. The van der Waals surface area contributed by atoms with Gasteiger partial charge in [0.2, 0.25) is 0 Å². The van der Waals surface area contributed by atoms with E-state index in [0.717, 1.165) is 5.56 Å². The molecule has 0 aliphatic carbocycles. The van der Waals surface area contributed by atoms with Crippen molar-refractivity contribution in [3.63, 3.8) is 0 Å². The van der Waals surface area contributed by atoms with Crippen LogP contribution in [-0.2, 0) is 14.4 Å². The summed E-state index contributed by atoms with van der Waals surface area (Å²) in [5.41, 5.74) is 1.61. The van der Waals surface area contributed by atoms with Crippen LogP contribution in [0.3, 0.4) is 0 Å². The molecule has 19 heavy (non-hydrogen) atoms. The average molecular weight is 274 g/mol. The number of benzene rings is 2. The van der Waals surface area contributed by atoms with Crippen LogP contribution in [0.1, 0.15) is 11.1 Å². The number of hydrogen-bond donors (Lipinski definition) is 0. The maximum Gasteiger partial charge on any atom is 0.358 e. The lowest BCUT2D eigenvalue weighted by Gasteiger charge is -2.01. The van der Waals surface area contributed by atoms with E-state index >= 15 is 0 Å². The van der Waals surface area contributed by atoms with Crippen LogP contribution in [0.5, 0.6) is 0 Å². The molecule has 0 aromatic heterocycles. The molecule has 0 saturated heterocycles. The van der Waals surface area contributed by atoms with E-state index in [-0.39, 0.29) is 4.90 Å². The van der Waals surface area contributed by atoms with Crippen LogP contribution >= 0.6 is 0 Å². The summed E-state index contributed by atoms with van der Waals surface area (Å²) in [7, 11) is -3.88. The average Bonchev–Trinajstić information content (AvgIpc) is 2.40. The molecule has 0 saturated carbocycles. The second kappa shape index (κ2) is 5.67. The molecular weight excluding hydrogens is 262 g/mol. The normalized spacial score (nSPS) is 11.6. The summed E-state index contributed by atoms with van der Waals surface area (Å²) in [5.74, 6) is 0. The van der Waals surface area contributed by atoms with Crippen LogP contribution in [0.25, 0.3) is 0 Å². The minimum Gasteiger partial charge on any atom is -0.264 e. The molecule has 0 fully saturated rings. The van der Waals surface area contributed by atoms with Gasteiger partial charge in [0, 0.05) is 5.56 Å². The Morgan fingerprint density at radius 2 is 1.63 bits per heavy atom. The van der Waals surface area contributed by atoms with Crippen LogP contribution in [0.4, 0.5) is 0 Å². The molecule has 0 atom stereocenters. The first kappa shape index (κ1) is 13.3. The highest BCUT2D eigenvalue weighted by atomic mass is 32.2. The topological polar surface area (TPSA) is 55.7 Å². The van der Waals surface area contributed by atoms with E-state index < -0.39 is 10.1 Å². The van der Waals surface area contributed by atoms with Gasteiger partial charge in [0.15, 0.2) is 0 Å². The SMILES string of the molecule is Cc1ccc(S(=O)(=O)O/N=[C]\c2ccccc2)cc1. The number of hydrogen-bond acceptors (Lipinski definition) is 4. The van der Waals surface area contributed by atoms with Gasteiger partial charge in [-0.15, -0.1) is 0 Å². The molecule has 0 aliphatic rings. The van der Waals surface area contributed by atoms with Crippen LogP contribution in [0.15, 0.2) is 64.6 Å². The lowest BCUT2D eigenvalue weighted by atomic mass is 10.2. The predicted molar refractivity (Wildman–Crippen MR) is 72.4 cm³/mol. The Bertz CT molecular complexity index is 662. The van der Waals surface area contributed by atoms with Crippen LogP contribution in [-0.4, -0.2) is 14.6 Å². The monoisotopic (exact) mass is 274 g/mol. The molecule has 0 bridgehead atoms. The summed E-state index contributed by atoms with van der Waals surface area (Å²) in [6.07, 6.45) is 2.51. The number of aryl methyl sites for hydroxylation is 1. The van der Waals surface area contributed by atoms with E-state index in [2.05, 4.69) is 15.7 Å². The Labute approximate surface area is 112 Å². The van der Waals surface area contributed by atoms with Gasteiger partial charge in [-0.3, -0.25) is 4.28 Å².